The average Bonchev–Trinajstić information content (AvgIpc) is 2.47. The first-order chi connectivity index (χ1) is 9.99. The summed E-state index contributed by atoms with van der Waals surface area (Å²) in [4.78, 5) is 2.38. The van der Waals surface area contributed by atoms with Crippen molar-refractivity contribution in [2.45, 2.75) is 38.8 Å². The molecule has 118 valence electrons. The van der Waals surface area contributed by atoms with Gasteiger partial charge in [0.1, 0.15) is 5.82 Å². The number of aliphatic hydroxyl groups excluding tert-OH is 1. The van der Waals surface area contributed by atoms with Crippen molar-refractivity contribution in [1.82, 2.24) is 4.90 Å². The fourth-order valence-corrected chi connectivity index (χ4v) is 3.19. The van der Waals surface area contributed by atoms with Gasteiger partial charge in [-0.3, -0.25) is 0 Å². The molecule has 3 N–H and O–H groups in total. The lowest BCUT2D eigenvalue weighted by Crippen LogP contribution is -2.41. The molecule has 0 spiro atoms. The predicted octanol–water partition coefficient (Wildman–Crippen LogP) is 2.55. The molecule has 1 aromatic rings. The first kappa shape index (κ1) is 16.4. The summed E-state index contributed by atoms with van der Waals surface area (Å²) in [6.45, 7) is 6.81. The number of piperidine rings is 1. The van der Waals surface area contributed by atoms with Gasteiger partial charge in [-0.2, -0.15) is 0 Å². The highest BCUT2D eigenvalue weighted by Gasteiger charge is 2.25. The third-order valence-electron chi connectivity index (χ3n) is 4.74. The van der Waals surface area contributed by atoms with E-state index in [9.17, 15) is 9.50 Å². The molecule has 1 aliphatic heterocycles. The van der Waals surface area contributed by atoms with Crippen molar-refractivity contribution in [3.8, 4) is 0 Å². The van der Waals surface area contributed by atoms with Gasteiger partial charge in [-0.25, -0.2) is 4.39 Å². The van der Waals surface area contributed by atoms with E-state index in [0.29, 0.717) is 11.5 Å². The molecule has 1 aromatic carbocycles. The Bertz CT molecular complexity index is 444. The van der Waals surface area contributed by atoms with E-state index in [2.05, 4.69) is 11.8 Å². The van der Waals surface area contributed by atoms with Crippen molar-refractivity contribution in [1.29, 1.82) is 0 Å². The second kappa shape index (κ2) is 7.34. The van der Waals surface area contributed by atoms with Crippen molar-refractivity contribution in [2.75, 3.05) is 19.6 Å². The Morgan fingerprint density at radius 2 is 1.90 bits per heavy atom. The number of aliphatic hydroxyl groups is 1. The lowest BCUT2D eigenvalue weighted by Gasteiger charge is -2.35. The molecule has 1 aliphatic rings. The maximum Gasteiger partial charge on any atom is 0.127 e. The van der Waals surface area contributed by atoms with Crippen molar-refractivity contribution in [2.24, 2.45) is 17.6 Å². The van der Waals surface area contributed by atoms with Crippen LogP contribution in [0.1, 0.15) is 38.3 Å². The Morgan fingerprint density at radius 1 is 1.29 bits per heavy atom. The number of nitrogens with zero attached hydrogens (tertiary/aromatic N) is 1. The molecule has 1 saturated heterocycles. The topological polar surface area (TPSA) is 49.5 Å². The molecule has 0 radical (unpaired) electrons. The van der Waals surface area contributed by atoms with Crippen LogP contribution in [0.25, 0.3) is 0 Å². The molecule has 3 unspecified atom stereocenters. The first-order valence-corrected chi connectivity index (χ1v) is 7.89. The van der Waals surface area contributed by atoms with Gasteiger partial charge in [-0.05, 0) is 50.8 Å². The molecule has 0 saturated carbocycles. The summed E-state index contributed by atoms with van der Waals surface area (Å²) in [6, 6.07) is 6.49. The van der Waals surface area contributed by atoms with E-state index in [1.54, 1.807) is 12.1 Å². The molecule has 2 rings (SSSR count). The lowest BCUT2D eigenvalue weighted by molar-refractivity contribution is 0.0658. The van der Waals surface area contributed by atoms with Crippen LogP contribution in [0.4, 0.5) is 4.39 Å². The van der Waals surface area contributed by atoms with Crippen LogP contribution >= 0.6 is 0 Å². The minimum Gasteiger partial charge on any atom is -0.393 e. The van der Waals surface area contributed by atoms with Gasteiger partial charge in [-0.15, -0.1) is 0 Å². The van der Waals surface area contributed by atoms with Crippen LogP contribution in [0.3, 0.4) is 0 Å². The Kier molecular flexibility index (Phi) is 5.73. The normalized spacial score (nSPS) is 22.0. The van der Waals surface area contributed by atoms with Gasteiger partial charge in [0.25, 0.3) is 0 Å². The Balaban J connectivity index is 1.87. The summed E-state index contributed by atoms with van der Waals surface area (Å²) in [5.74, 6) is 0.395. The van der Waals surface area contributed by atoms with Gasteiger partial charge in [0.15, 0.2) is 0 Å². The van der Waals surface area contributed by atoms with Crippen molar-refractivity contribution in [3.05, 3.63) is 35.6 Å². The van der Waals surface area contributed by atoms with Crippen LogP contribution in [-0.4, -0.2) is 35.7 Å². The zero-order valence-corrected chi connectivity index (χ0v) is 13.0. The second-order valence-corrected chi connectivity index (χ2v) is 6.40. The number of likely N-dealkylation sites (tertiary alicyclic amines) is 1. The van der Waals surface area contributed by atoms with Crippen LogP contribution in [0.15, 0.2) is 24.3 Å². The van der Waals surface area contributed by atoms with Crippen LogP contribution in [0.2, 0.25) is 0 Å². The standard InChI is InChI=1S/C17H27FN2O/c1-12(17(19)15-5-3-4-6-16(15)18)11-20-9-7-14(8-10-20)13(2)21/h3-6,12-14,17,21H,7-11,19H2,1-2H3. The number of nitrogens with two attached hydrogens (primary N) is 1. The Hall–Kier alpha value is -0.970. The molecule has 0 amide bonds. The molecule has 3 atom stereocenters. The largest absolute Gasteiger partial charge is 0.393 e. The summed E-state index contributed by atoms with van der Waals surface area (Å²) in [6.07, 6.45) is 1.84. The van der Waals surface area contributed by atoms with Gasteiger partial charge in [0, 0.05) is 18.2 Å². The summed E-state index contributed by atoms with van der Waals surface area (Å²) in [5.41, 5.74) is 6.83. The molecule has 1 heterocycles. The van der Waals surface area contributed by atoms with E-state index in [4.69, 9.17) is 5.73 Å². The maximum atomic E-state index is 13.8. The molecule has 0 aliphatic carbocycles. The van der Waals surface area contributed by atoms with Crippen LogP contribution < -0.4 is 5.73 Å². The third-order valence-corrected chi connectivity index (χ3v) is 4.74. The van der Waals surface area contributed by atoms with E-state index in [1.165, 1.54) is 6.07 Å². The molecule has 3 nitrogen and oxygen atoms in total. The van der Waals surface area contributed by atoms with Crippen molar-refractivity contribution in [3.63, 3.8) is 0 Å². The molecule has 0 bridgehead atoms. The van der Waals surface area contributed by atoms with Gasteiger partial charge in [0.05, 0.1) is 6.10 Å². The number of hydrogen-bond donors (Lipinski definition) is 2. The van der Waals surface area contributed by atoms with Gasteiger partial charge < -0.3 is 15.7 Å². The second-order valence-electron chi connectivity index (χ2n) is 6.40. The van der Waals surface area contributed by atoms with Gasteiger partial charge in [0.2, 0.25) is 0 Å². The lowest BCUT2D eigenvalue weighted by atomic mass is 9.90. The molecular weight excluding hydrogens is 267 g/mol. The third kappa shape index (κ3) is 4.25. The highest BCUT2D eigenvalue weighted by molar-refractivity contribution is 5.21. The Labute approximate surface area is 126 Å². The zero-order chi connectivity index (χ0) is 15.4. The SMILES string of the molecule is CC(O)C1CCN(CC(C)C(N)c2ccccc2F)CC1. The van der Waals surface area contributed by atoms with Crippen LogP contribution in [0, 0.1) is 17.7 Å². The molecule has 21 heavy (non-hydrogen) atoms. The monoisotopic (exact) mass is 294 g/mol. The highest BCUT2D eigenvalue weighted by Crippen LogP contribution is 2.25. The average molecular weight is 294 g/mol. The summed E-state index contributed by atoms with van der Waals surface area (Å²) in [5, 5.41) is 9.63. The molecule has 0 aromatic heterocycles. The van der Waals surface area contributed by atoms with Gasteiger partial charge >= 0.3 is 0 Å². The zero-order valence-electron chi connectivity index (χ0n) is 13.0. The summed E-state index contributed by atoms with van der Waals surface area (Å²) in [7, 11) is 0. The van der Waals surface area contributed by atoms with Crippen LogP contribution in [0.5, 0.6) is 0 Å². The Morgan fingerprint density at radius 3 is 2.48 bits per heavy atom. The fraction of sp³-hybridized carbons (Fsp3) is 0.647. The van der Waals surface area contributed by atoms with E-state index in [0.717, 1.165) is 32.5 Å². The van der Waals surface area contributed by atoms with Crippen molar-refractivity contribution < 1.29 is 9.50 Å². The quantitative estimate of drug-likeness (QED) is 0.877. The molecular formula is C17H27FN2O. The van der Waals surface area contributed by atoms with Crippen LogP contribution in [-0.2, 0) is 0 Å². The number of benzene rings is 1. The van der Waals surface area contributed by atoms with E-state index in [1.807, 2.05) is 13.0 Å². The summed E-state index contributed by atoms with van der Waals surface area (Å²) < 4.78 is 13.8. The first-order valence-electron chi connectivity index (χ1n) is 7.89. The van der Waals surface area contributed by atoms with Crippen molar-refractivity contribution >= 4 is 0 Å². The highest BCUT2D eigenvalue weighted by atomic mass is 19.1. The minimum atomic E-state index is -0.277. The maximum absolute atomic E-state index is 13.8. The number of hydrogen-bond acceptors (Lipinski definition) is 3. The van der Waals surface area contributed by atoms with E-state index in [-0.39, 0.29) is 23.9 Å². The minimum absolute atomic E-state index is 0.199. The number of rotatable bonds is 5. The predicted molar refractivity (Wildman–Crippen MR) is 83.3 cm³/mol. The fourth-order valence-electron chi connectivity index (χ4n) is 3.19. The van der Waals surface area contributed by atoms with E-state index < -0.39 is 0 Å². The number of halogens is 1. The summed E-state index contributed by atoms with van der Waals surface area (Å²) >= 11 is 0. The van der Waals surface area contributed by atoms with Gasteiger partial charge in [-0.1, -0.05) is 25.1 Å². The van der Waals surface area contributed by atoms with E-state index >= 15 is 0 Å². The smallest absolute Gasteiger partial charge is 0.127 e. The molecule has 1 fully saturated rings. The molecule has 4 heteroatoms.